The number of amides is 1. The lowest BCUT2D eigenvalue weighted by atomic mass is 10.0. The minimum atomic E-state index is -1.02. The second kappa shape index (κ2) is 34.0. The van der Waals surface area contributed by atoms with Gasteiger partial charge in [0.15, 0.2) is 0 Å². The molecule has 44 heavy (non-hydrogen) atoms. The Morgan fingerprint density at radius 3 is 1.48 bits per heavy atom. The summed E-state index contributed by atoms with van der Waals surface area (Å²) in [5, 5.41) is 11.0. The van der Waals surface area contributed by atoms with Crippen molar-refractivity contribution in [2.45, 2.75) is 206 Å². The van der Waals surface area contributed by atoms with Crippen LogP contribution in [0, 0.1) is 0 Å². The fraction of sp³-hybridized carbons (Fsp3) is 0.868. The van der Waals surface area contributed by atoms with Crippen molar-refractivity contribution in [3.63, 3.8) is 0 Å². The number of aliphatic carboxylic acids is 1. The van der Waals surface area contributed by atoms with Crippen LogP contribution < -0.4 is 5.32 Å². The number of esters is 1. The molecule has 6 heteroatoms. The molecule has 1 unspecified atom stereocenters. The molecule has 258 valence electrons. The molecule has 0 rings (SSSR count). The van der Waals surface area contributed by atoms with Crippen LogP contribution in [0.5, 0.6) is 0 Å². The molecule has 0 fully saturated rings. The van der Waals surface area contributed by atoms with Crippen LogP contribution in [-0.4, -0.2) is 35.6 Å². The van der Waals surface area contributed by atoms with Gasteiger partial charge in [0.05, 0.1) is 0 Å². The van der Waals surface area contributed by atoms with E-state index >= 15 is 0 Å². The highest BCUT2D eigenvalue weighted by Gasteiger charge is 2.14. The zero-order valence-electron chi connectivity index (χ0n) is 29.0. The van der Waals surface area contributed by atoms with Gasteiger partial charge in [-0.15, -0.1) is 0 Å². The number of carboxylic acid groups (broad SMARTS) is 1. The minimum Gasteiger partial charge on any atom is -0.480 e. The number of hydrogen-bond donors (Lipinski definition) is 2. The highest BCUT2D eigenvalue weighted by molar-refractivity contribution is 5.80. The van der Waals surface area contributed by atoms with Gasteiger partial charge in [-0.05, 0) is 64.2 Å². The van der Waals surface area contributed by atoms with Crippen LogP contribution >= 0.6 is 0 Å². The molecule has 0 aliphatic heterocycles. The Morgan fingerprint density at radius 2 is 0.977 bits per heavy atom. The lowest BCUT2D eigenvalue weighted by molar-refractivity contribution is -0.150. The van der Waals surface area contributed by atoms with Gasteiger partial charge < -0.3 is 15.2 Å². The van der Waals surface area contributed by atoms with E-state index in [0.717, 1.165) is 64.2 Å². The monoisotopic (exact) mass is 622 g/mol. The van der Waals surface area contributed by atoms with Crippen LogP contribution in [0.1, 0.15) is 200 Å². The Morgan fingerprint density at radius 1 is 0.568 bits per heavy atom. The van der Waals surface area contributed by atoms with E-state index in [2.05, 4.69) is 31.3 Å². The van der Waals surface area contributed by atoms with Crippen molar-refractivity contribution in [1.82, 2.24) is 5.32 Å². The number of carboxylic acids is 1. The molecule has 0 spiro atoms. The van der Waals surface area contributed by atoms with Gasteiger partial charge in [-0.25, -0.2) is 0 Å². The molecule has 0 heterocycles. The predicted molar refractivity (Wildman–Crippen MR) is 185 cm³/mol. The van der Waals surface area contributed by atoms with E-state index in [0.29, 0.717) is 12.8 Å². The smallest absolute Gasteiger partial charge is 0.322 e. The minimum absolute atomic E-state index is 0.0238. The van der Waals surface area contributed by atoms with Crippen molar-refractivity contribution in [1.29, 1.82) is 0 Å². The van der Waals surface area contributed by atoms with Crippen LogP contribution in [0.3, 0.4) is 0 Å². The zero-order valence-corrected chi connectivity index (χ0v) is 29.0. The molecule has 0 saturated heterocycles. The van der Waals surface area contributed by atoms with E-state index in [1.807, 2.05) is 0 Å². The van der Waals surface area contributed by atoms with E-state index < -0.39 is 5.97 Å². The first-order chi connectivity index (χ1) is 21.5. The average Bonchev–Trinajstić information content (AvgIpc) is 3.00. The number of hydrogen-bond acceptors (Lipinski definition) is 4. The quantitative estimate of drug-likeness (QED) is 0.0423. The summed E-state index contributed by atoms with van der Waals surface area (Å²) in [5.74, 6) is -1.23. The van der Waals surface area contributed by atoms with Gasteiger partial charge >= 0.3 is 11.9 Å². The molecule has 0 aromatic carbocycles. The first-order valence-corrected chi connectivity index (χ1v) is 18.8. The first-order valence-electron chi connectivity index (χ1n) is 18.8. The lowest BCUT2D eigenvalue weighted by Crippen LogP contribution is -2.28. The van der Waals surface area contributed by atoms with Crippen LogP contribution in [0.4, 0.5) is 0 Å². The van der Waals surface area contributed by atoms with E-state index in [-0.39, 0.29) is 24.5 Å². The summed E-state index contributed by atoms with van der Waals surface area (Å²) in [6.45, 7) is 4.20. The van der Waals surface area contributed by atoms with Crippen LogP contribution in [0.25, 0.3) is 0 Å². The standard InChI is InChI=1S/C38H71NO5/c1-3-5-7-9-11-13-14-15-16-18-20-25-29-33-38(43)44-35(30-26-22-19-17-12-10-8-6-4-2)31-27-23-21-24-28-32-36(40)39-34-37(41)42/h13-14,35H,3-12,15-34H2,1-2H3,(H,39,40)(H,41,42)/b14-13-. The molecule has 0 aromatic rings. The van der Waals surface area contributed by atoms with E-state index in [4.69, 9.17) is 9.84 Å². The van der Waals surface area contributed by atoms with Crippen LogP contribution in [-0.2, 0) is 19.1 Å². The summed E-state index contributed by atoms with van der Waals surface area (Å²) < 4.78 is 5.99. The molecule has 1 atom stereocenters. The van der Waals surface area contributed by atoms with Crippen molar-refractivity contribution in [2.75, 3.05) is 6.54 Å². The summed E-state index contributed by atoms with van der Waals surface area (Å²) in [4.78, 5) is 34.8. The summed E-state index contributed by atoms with van der Waals surface area (Å²) in [7, 11) is 0. The second-order valence-electron chi connectivity index (χ2n) is 12.8. The normalized spacial score (nSPS) is 12.0. The van der Waals surface area contributed by atoms with Crippen LogP contribution in [0.2, 0.25) is 0 Å². The van der Waals surface area contributed by atoms with E-state index in [1.165, 1.54) is 109 Å². The fourth-order valence-corrected chi connectivity index (χ4v) is 5.63. The number of ether oxygens (including phenoxy) is 1. The molecule has 0 aromatic heterocycles. The van der Waals surface area contributed by atoms with E-state index in [9.17, 15) is 14.4 Å². The van der Waals surface area contributed by atoms with E-state index in [1.54, 1.807) is 0 Å². The average molecular weight is 622 g/mol. The van der Waals surface area contributed by atoms with Crippen molar-refractivity contribution in [2.24, 2.45) is 0 Å². The molecule has 1 amide bonds. The van der Waals surface area contributed by atoms with Crippen molar-refractivity contribution < 1.29 is 24.2 Å². The summed E-state index contributed by atoms with van der Waals surface area (Å²) in [5.41, 5.74) is 0. The molecule has 0 aliphatic carbocycles. The number of allylic oxidation sites excluding steroid dienone is 2. The number of nitrogens with one attached hydrogen (secondary N) is 1. The van der Waals surface area contributed by atoms with Gasteiger partial charge in [-0.2, -0.15) is 0 Å². The summed E-state index contributed by atoms with van der Waals surface area (Å²) in [6, 6.07) is 0. The van der Waals surface area contributed by atoms with Crippen molar-refractivity contribution >= 4 is 17.8 Å². The summed E-state index contributed by atoms with van der Waals surface area (Å²) >= 11 is 0. The predicted octanol–water partition coefficient (Wildman–Crippen LogP) is 11.0. The van der Waals surface area contributed by atoms with Crippen molar-refractivity contribution in [3.05, 3.63) is 12.2 Å². The van der Waals surface area contributed by atoms with Gasteiger partial charge in [0.2, 0.25) is 5.91 Å². The first kappa shape index (κ1) is 42.1. The molecule has 0 saturated carbocycles. The third-order valence-corrected chi connectivity index (χ3v) is 8.44. The van der Waals surface area contributed by atoms with Crippen molar-refractivity contribution in [3.8, 4) is 0 Å². The molecular formula is C38H71NO5. The Bertz CT molecular complexity index is 693. The maximum absolute atomic E-state index is 12.6. The molecule has 0 bridgehead atoms. The number of unbranched alkanes of at least 4 members (excludes halogenated alkanes) is 21. The third-order valence-electron chi connectivity index (χ3n) is 8.44. The topological polar surface area (TPSA) is 92.7 Å². The lowest BCUT2D eigenvalue weighted by Gasteiger charge is -2.18. The molecule has 2 N–H and O–H groups in total. The molecular weight excluding hydrogens is 550 g/mol. The largest absolute Gasteiger partial charge is 0.480 e. The van der Waals surface area contributed by atoms with Gasteiger partial charge in [-0.3, -0.25) is 14.4 Å². The number of rotatable bonds is 34. The molecule has 6 nitrogen and oxygen atoms in total. The molecule has 0 radical (unpaired) electrons. The maximum atomic E-state index is 12.6. The van der Waals surface area contributed by atoms with Gasteiger partial charge in [-0.1, -0.05) is 135 Å². The fourth-order valence-electron chi connectivity index (χ4n) is 5.63. The Hall–Kier alpha value is -1.85. The van der Waals surface area contributed by atoms with Gasteiger partial charge in [0, 0.05) is 12.8 Å². The number of carbonyl (C=O) groups excluding carboxylic acids is 2. The Labute approximate surface area is 271 Å². The maximum Gasteiger partial charge on any atom is 0.322 e. The number of carbonyl (C=O) groups is 3. The van der Waals surface area contributed by atoms with Gasteiger partial charge in [0.25, 0.3) is 0 Å². The zero-order chi connectivity index (χ0) is 32.4. The van der Waals surface area contributed by atoms with Crippen LogP contribution in [0.15, 0.2) is 12.2 Å². The highest BCUT2D eigenvalue weighted by Crippen LogP contribution is 2.19. The molecule has 0 aliphatic rings. The Kier molecular flexibility index (Phi) is 32.6. The highest BCUT2D eigenvalue weighted by atomic mass is 16.5. The second-order valence-corrected chi connectivity index (χ2v) is 12.8. The SMILES string of the molecule is CCCCCC/C=C\CCCCCCCC(=O)OC(CCCCCCCCCCC)CCCCCCCC(=O)NCC(=O)O. The van der Waals surface area contributed by atoms with Gasteiger partial charge in [0.1, 0.15) is 12.6 Å². The summed E-state index contributed by atoms with van der Waals surface area (Å²) in [6.07, 6.45) is 37.5. The Balaban J connectivity index is 4.14. The third kappa shape index (κ3) is 33.1.